The molecular weight excluding hydrogens is 272 g/mol. The van der Waals surface area contributed by atoms with Gasteiger partial charge in [-0.2, -0.15) is 0 Å². The minimum absolute atomic E-state index is 0.0268. The van der Waals surface area contributed by atoms with Gasteiger partial charge >= 0.3 is 12.0 Å². The Bertz CT molecular complexity index is 407. The molecule has 0 aromatic carbocycles. The number of nitrogens with zero attached hydrogens (tertiary/aromatic N) is 1. The van der Waals surface area contributed by atoms with Crippen LogP contribution in [0.15, 0.2) is 0 Å². The van der Waals surface area contributed by atoms with Crippen LogP contribution in [-0.4, -0.2) is 61.6 Å². The fourth-order valence-corrected chi connectivity index (χ4v) is 3.00. The summed E-state index contributed by atoms with van der Waals surface area (Å²) in [6.07, 6.45) is 2.23. The molecule has 1 fully saturated rings. The highest BCUT2D eigenvalue weighted by molar-refractivity contribution is 7.91. The van der Waals surface area contributed by atoms with E-state index in [0.29, 0.717) is 13.0 Å². The number of carboxylic acid groups (broad SMARTS) is 1. The Balaban J connectivity index is 2.10. The molecule has 0 aromatic rings. The van der Waals surface area contributed by atoms with Crippen molar-refractivity contribution in [2.45, 2.75) is 25.7 Å². The Morgan fingerprint density at radius 2 is 1.74 bits per heavy atom. The van der Waals surface area contributed by atoms with Crippen molar-refractivity contribution in [3.63, 3.8) is 0 Å². The highest BCUT2D eigenvalue weighted by Gasteiger charge is 2.24. The summed E-state index contributed by atoms with van der Waals surface area (Å²) in [6.45, 7) is 0.974. The van der Waals surface area contributed by atoms with E-state index in [1.54, 1.807) is 0 Å². The summed E-state index contributed by atoms with van der Waals surface area (Å²) in [7, 11) is -2.97. The molecule has 19 heavy (non-hydrogen) atoms. The van der Waals surface area contributed by atoms with Gasteiger partial charge in [-0.25, -0.2) is 13.2 Å². The van der Waals surface area contributed by atoms with Crippen LogP contribution in [0.3, 0.4) is 0 Å². The van der Waals surface area contributed by atoms with Gasteiger partial charge in [0.15, 0.2) is 9.84 Å². The maximum atomic E-state index is 11.7. The van der Waals surface area contributed by atoms with Crippen LogP contribution in [0.2, 0.25) is 0 Å². The first-order chi connectivity index (χ1) is 8.91. The largest absolute Gasteiger partial charge is 0.481 e. The van der Waals surface area contributed by atoms with Crippen molar-refractivity contribution < 1.29 is 23.1 Å². The molecule has 8 heteroatoms. The Hall–Kier alpha value is -1.31. The second kappa shape index (κ2) is 7.32. The van der Waals surface area contributed by atoms with E-state index in [1.165, 1.54) is 4.90 Å². The first kappa shape index (κ1) is 15.7. The minimum atomic E-state index is -2.97. The van der Waals surface area contributed by atoms with Crippen LogP contribution < -0.4 is 5.32 Å². The predicted octanol–water partition coefficient (Wildman–Crippen LogP) is 0.0714. The molecule has 7 nitrogen and oxygen atoms in total. The lowest BCUT2D eigenvalue weighted by atomic mass is 10.2. The van der Waals surface area contributed by atoms with Gasteiger partial charge in [0.2, 0.25) is 0 Å². The summed E-state index contributed by atoms with van der Waals surface area (Å²) < 4.78 is 22.4. The third-order valence-corrected chi connectivity index (χ3v) is 4.58. The van der Waals surface area contributed by atoms with E-state index in [-0.39, 0.29) is 37.0 Å². The van der Waals surface area contributed by atoms with Crippen molar-refractivity contribution in [3.05, 3.63) is 0 Å². The lowest BCUT2D eigenvalue weighted by molar-refractivity contribution is -0.137. The van der Waals surface area contributed by atoms with Gasteiger partial charge in [-0.1, -0.05) is 6.42 Å². The van der Waals surface area contributed by atoms with Crippen LogP contribution in [0.5, 0.6) is 0 Å². The van der Waals surface area contributed by atoms with Crippen molar-refractivity contribution in [3.8, 4) is 0 Å². The molecule has 2 amide bonds. The Morgan fingerprint density at radius 1 is 1.11 bits per heavy atom. The van der Waals surface area contributed by atoms with Crippen molar-refractivity contribution in [1.29, 1.82) is 0 Å². The smallest absolute Gasteiger partial charge is 0.317 e. The minimum Gasteiger partial charge on any atom is -0.481 e. The van der Waals surface area contributed by atoms with E-state index < -0.39 is 15.8 Å². The molecule has 1 aliphatic rings. The molecule has 0 radical (unpaired) electrons. The molecule has 1 heterocycles. The average molecular weight is 292 g/mol. The Labute approximate surface area is 112 Å². The molecule has 1 saturated heterocycles. The number of unbranched alkanes of at least 4 members (excludes halogenated alkanes) is 2. The van der Waals surface area contributed by atoms with Gasteiger partial charge in [-0.3, -0.25) is 4.79 Å². The summed E-state index contributed by atoms with van der Waals surface area (Å²) in [5, 5.41) is 11.2. The third-order valence-electron chi connectivity index (χ3n) is 2.98. The molecule has 0 bridgehead atoms. The monoisotopic (exact) mass is 292 g/mol. The summed E-state index contributed by atoms with van der Waals surface area (Å²) >= 11 is 0. The summed E-state index contributed by atoms with van der Waals surface area (Å²) in [5.41, 5.74) is 0. The molecule has 0 atom stereocenters. The third kappa shape index (κ3) is 6.42. The summed E-state index contributed by atoms with van der Waals surface area (Å²) in [4.78, 5) is 23.4. The number of rotatable bonds is 6. The molecule has 1 aliphatic heterocycles. The van der Waals surface area contributed by atoms with Gasteiger partial charge < -0.3 is 15.3 Å². The molecule has 0 spiro atoms. The summed E-state index contributed by atoms with van der Waals surface area (Å²) in [5.74, 6) is -0.753. The van der Waals surface area contributed by atoms with Gasteiger partial charge in [-0.05, 0) is 12.8 Å². The molecule has 0 aliphatic carbocycles. The number of carboxylic acids is 1. The van der Waals surface area contributed by atoms with Crippen LogP contribution in [0.1, 0.15) is 25.7 Å². The standard InChI is InChI=1S/C11H20N2O5S/c14-10(15)4-2-1-3-5-12-11(16)13-6-8-19(17,18)9-7-13/h1-9H2,(H,12,16)(H,14,15). The topological polar surface area (TPSA) is 104 Å². The zero-order valence-electron chi connectivity index (χ0n) is 10.8. The number of sulfone groups is 1. The lowest BCUT2D eigenvalue weighted by Crippen LogP contribution is -2.48. The maximum Gasteiger partial charge on any atom is 0.317 e. The zero-order chi connectivity index (χ0) is 14.3. The highest BCUT2D eigenvalue weighted by atomic mass is 32.2. The number of aliphatic carboxylic acids is 1. The highest BCUT2D eigenvalue weighted by Crippen LogP contribution is 2.04. The van der Waals surface area contributed by atoms with E-state index >= 15 is 0 Å². The van der Waals surface area contributed by atoms with Crippen LogP contribution in [0, 0.1) is 0 Å². The number of nitrogens with one attached hydrogen (secondary N) is 1. The van der Waals surface area contributed by atoms with Crippen LogP contribution in [0.4, 0.5) is 4.79 Å². The molecule has 110 valence electrons. The van der Waals surface area contributed by atoms with Crippen LogP contribution >= 0.6 is 0 Å². The quantitative estimate of drug-likeness (QED) is 0.674. The predicted molar refractivity (Wildman–Crippen MR) is 69.7 cm³/mol. The van der Waals surface area contributed by atoms with E-state index in [0.717, 1.165) is 12.8 Å². The van der Waals surface area contributed by atoms with Gasteiger partial charge in [0.05, 0.1) is 11.5 Å². The van der Waals surface area contributed by atoms with Crippen molar-refractivity contribution >= 4 is 21.8 Å². The van der Waals surface area contributed by atoms with Crippen molar-refractivity contribution in [2.24, 2.45) is 0 Å². The van der Waals surface area contributed by atoms with Gasteiger partial charge in [0.1, 0.15) is 0 Å². The normalized spacial score (nSPS) is 18.0. The number of hydrogen-bond donors (Lipinski definition) is 2. The second-order valence-electron chi connectivity index (χ2n) is 4.58. The van der Waals surface area contributed by atoms with Crippen LogP contribution in [0.25, 0.3) is 0 Å². The molecular formula is C11H20N2O5S. The molecule has 0 aromatic heterocycles. The fraction of sp³-hybridized carbons (Fsp3) is 0.818. The second-order valence-corrected chi connectivity index (χ2v) is 6.88. The number of amides is 2. The first-order valence-electron chi connectivity index (χ1n) is 6.36. The molecule has 2 N–H and O–H groups in total. The number of carbonyl (C=O) groups is 2. The first-order valence-corrected chi connectivity index (χ1v) is 8.18. The van der Waals surface area contributed by atoms with E-state index in [2.05, 4.69) is 5.32 Å². The van der Waals surface area contributed by atoms with E-state index in [9.17, 15) is 18.0 Å². The van der Waals surface area contributed by atoms with Crippen molar-refractivity contribution in [1.82, 2.24) is 10.2 Å². The maximum absolute atomic E-state index is 11.7. The lowest BCUT2D eigenvalue weighted by Gasteiger charge is -2.26. The SMILES string of the molecule is O=C(O)CCCCCNC(=O)N1CCS(=O)(=O)CC1. The number of carbonyl (C=O) groups excluding carboxylic acids is 1. The van der Waals surface area contributed by atoms with Gasteiger partial charge in [0.25, 0.3) is 0 Å². The zero-order valence-corrected chi connectivity index (χ0v) is 11.6. The average Bonchev–Trinajstić information content (AvgIpc) is 2.32. The number of hydrogen-bond acceptors (Lipinski definition) is 4. The Morgan fingerprint density at radius 3 is 2.32 bits per heavy atom. The Kier molecular flexibility index (Phi) is 6.07. The van der Waals surface area contributed by atoms with Gasteiger partial charge in [-0.15, -0.1) is 0 Å². The molecule has 0 unspecified atom stereocenters. The van der Waals surface area contributed by atoms with Crippen LogP contribution in [-0.2, 0) is 14.6 Å². The molecule has 1 rings (SSSR count). The van der Waals surface area contributed by atoms with Gasteiger partial charge in [0, 0.05) is 26.1 Å². The van der Waals surface area contributed by atoms with E-state index in [4.69, 9.17) is 5.11 Å². The summed E-state index contributed by atoms with van der Waals surface area (Å²) in [6, 6.07) is -0.242. The fourth-order valence-electron chi connectivity index (χ4n) is 1.80. The van der Waals surface area contributed by atoms with Crippen molar-refractivity contribution in [2.75, 3.05) is 31.1 Å². The van der Waals surface area contributed by atoms with E-state index in [1.807, 2.05) is 0 Å². The number of urea groups is 1. The molecule has 0 saturated carbocycles.